The van der Waals surface area contributed by atoms with Gasteiger partial charge in [0.05, 0.1) is 5.60 Å². The van der Waals surface area contributed by atoms with Crippen LogP contribution in [0.1, 0.15) is 49.6 Å². The summed E-state index contributed by atoms with van der Waals surface area (Å²) in [5.74, 6) is 1.39. The molecule has 2 aliphatic rings. The van der Waals surface area contributed by atoms with E-state index in [2.05, 4.69) is 30.3 Å². The van der Waals surface area contributed by atoms with E-state index < -0.39 is 5.60 Å². The number of hydrogen-bond donors (Lipinski definition) is 1. The second-order valence-electron chi connectivity index (χ2n) is 9.01. The van der Waals surface area contributed by atoms with E-state index >= 15 is 0 Å². The molecule has 2 aromatic carbocycles. The fourth-order valence-electron chi connectivity index (χ4n) is 4.45. The number of amides is 1. The van der Waals surface area contributed by atoms with Crippen LogP contribution in [0.15, 0.2) is 48.5 Å². The third-order valence-electron chi connectivity index (χ3n) is 6.14. The number of nitrogens with zero attached hydrogens (tertiary/aromatic N) is 1. The summed E-state index contributed by atoms with van der Waals surface area (Å²) < 4.78 is 5.69. The molecule has 150 valence electrons. The van der Waals surface area contributed by atoms with Gasteiger partial charge in [-0.3, -0.25) is 4.79 Å². The molecule has 1 amide bonds. The van der Waals surface area contributed by atoms with Crippen LogP contribution in [0.5, 0.6) is 5.75 Å². The Balaban J connectivity index is 0.00000240. The highest BCUT2D eigenvalue weighted by atomic mass is 16.5. The van der Waals surface area contributed by atoms with E-state index in [0.717, 1.165) is 25.1 Å². The van der Waals surface area contributed by atoms with Gasteiger partial charge < -0.3 is 14.7 Å². The summed E-state index contributed by atoms with van der Waals surface area (Å²) in [6, 6.07) is 16.3. The topological polar surface area (TPSA) is 49.8 Å². The molecule has 4 heteroatoms. The second-order valence-corrected chi connectivity index (χ2v) is 9.01. The van der Waals surface area contributed by atoms with Crippen molar-refractivity contribution >= 4 is 5.91 Å². The molecule has 0 spiro atoms. The van der Waals surface area contributed by atoms with Gasteiger partial charge in [-0.15, -0.1) is 0 Å². The summed E-state index contributed by atoms with van der Waals surface area (Å²) >= 11 is 0. The molecule has 1 N–H and O–H groups in total. The molecule has 1 aliphatic carbocycles. The van der Waals surface area contributed by atoms with Crippen LogP contribution in [0.4, 0.5) is 0 Å². The Labute approximate surface area is 168 Å². The van der Waals surface area contributed by atoms with Crippen molar-refractivity contribution in [1.29, 1.82) is 0 Å². The zero-order valence-electron chi connectivity index (χ0n) is 16.9. The third-order valence-corrected chi connectivity index (χ3v) is 6.14. The number of fused-ring (bicyclic) bond motifs is 1. The Kier molecular flexibility index (Phi) is 4.70. The van der Waals surface area contributed by atoms with E-state index in [-0.39, 0.29) is 13.9 Å². The smallest absolute Gasteiger partial charge is 0.253 e. The van der Waals surface area contributed by atoms with E-state index in [9.17, 15) is 9.90 Å². The maximum atomic E-state index is 13.0. The highest BCUT2D eigenvalue weighted by Crippen LogP contribution is 2.59. The Morgan fingerprint density at radius 3 is 2.68 bits per heavy atom. The first-order chi connectivity index (χ1) is 13.3. The van der Waals surface area contributed by atoms with E-state index in [1.54, 1.807) is 13.8 Å². The van der Waals surface area contributed by atoms with E-state index in [1.165, 1.54) is 12.0 Å². The van der Waals surface area contributed by atoms with Gasteiger partial charge in [-0.2, -0.15) is 0 Å². The standard InChI is InChI=1S/C24H29NO3.H2/c1-17-13-18(9-10-21(17)28-16-23(2,3)27)22(26)25-12-11-24(14-20(24)15-25)19-7-5-4-6-8-19;/h4-10,13,20,27H,11-12,14-16H2,1-3H3;1H. The third kappa shape index (κ3) is 3.66. The van der Waals surface area contributed by atoms with Crippen LogP contribution in [0, 0.1) is 12.8 Å². The van der Waals surface area contributed by atoms with Crippen LogP contribution in [-0.2, 0) is 5.41 Å². The second kappa shape index (κ2) is 6.93. The van der Waals surface area contributed by atoms with Crippen LogP contribution in [0.2, 0.25) is 0 Å². The number of benzene rings is 2. The van der Waals surface area contributed by atoms with Crippen LogP contribution in [0.3, 0.4) is 0 Å². The maximum absolute atomic E-state index is 13.0. The normalized spacial score (nSPS) is 23.9. The molecule has 2 unspecified atom stereocenters. The predicted octanol–water partition coefficient (Wildman–Crippen LogP) is 4.19. The molecule has 4 nitrogen and oxygen atoms in total. The van der Waals surface area contributed by atoms with Crippen molar-refractivity contribution in [3.05, 3.63) is 65.2 Å². The van der Waals surface area contributed by atoms with Gasteiger partial charge in [-0.25, -0.2) is 0 Å². The number of piperidine rings is 1. The van der Waals surface area contributed by atoms with Crippen molar-refractivity contribution in [3.63, 3.8) is 0 Å². The van der Waals surface area contributed by atoms with Gasteiger partial charge in [0, 0.05) is 25.5 Å². The van der Waals surface area contributed by atoms with Crippen LogP contribution in [0.25, 0.3) is 0 Å². The summed E-state index contributed by atoms with van der Waals surface area (Å²) in [6.07, 6.45) is 2.22. The molecular weight excluding hydrogens is 350 g/mol. The molecule has 2 atom stereocenters. The van der Waals surface area contributed by atoms with Crippen LogP contribution in [-0.4, -0.2) is 41.2 Å². The van der Waals surface area contributed by atoms with Gasteiger partial charge >= 0.3 is 0 Å². The summed E-state index contributed by atoms with van der Waals surface area (Å²) in [5, 5.41) is 9.83. The average molecular weight is 382 g/mol. The number of likely N-dealkylation sites (tertiary alicyclic amines) is 1. The molecule has 2 aromatic rings. The Hall–Kier alpha value is -2.33. The lowest BCUT2D eigenvalue weighted by atomic mass is 9.87. The van der Waals surface area contributed by atoms with Crippen molar-refractivity contribution in [1.82, 2.24) is 4.90 Å². The van der Waals surface area contributed by atoms with Crippen LogP contribution < -0.4 is 4.74 Å². The molecule has 1 aliphatic heterocycles. The molecule has 0 aromatic heterocycles. The highest BCUT2D eigenvalue weighted by molar-refractivity contribution is 5.94. The van der Waals surface area contributed by atoms with Crippen molar-refractivity contribution < 1.29 is 16.1 Å². The van der Waals surface area contributed by atoms with Gasteiger partial charge in [0.25, 0.3) is 5.91 Å². The predicted molar refractivity (Wildman–Crippen MR) is 112 cm³/mol. The first-order valence-electron chi connectivity index (χ1n) is 10.1. The minimum atomic E-state index is -0.885. The number of carbonyl (C=O) groups excluding carboxylic acids is 1. The molecule has 0 bridgehead atoms. The van der Waals surface area contributed by atoms with Crippen LogP contribution >= 0.6 is 0 Å². The Morgan fingerprint density at radius 2 is 2.04 bits per heavy atom. The molecule has 1 saturated heterocycles. The van der Waals surface area contributed by atoms with Gasteiger partial charge in [-0.05, 0) is 68.9 Å². The van der Waals surface area contributed by atoms with Gasteiger partial charge in [0.15, 0.2) is 0 Å². The van der Waals surface area contributed by atoms with Gasteiger partial charge in [0.1, 0.15) is 12.4 Å². The molecule has 1 saturated carbocycles. The zero-order chi connectivity index (χ0) is 19.9. The van der Waals surface area contributed by atoms with Gasteiger partial charge in [-0.1, -0.05) is 30.3 Å². The van der Waals surface area contributed by atoms with Crippen molar-refractivity contribution in [2.24, 2.45) is 5.92 Å². The zero-order valence-corrected chi connectivity index (χ0v) is 16.9. The number of hydrogen-bond acceptors (Lipinski definition) is 3. The van der Waals surface area contributed by atoms with Crippen molar-refractivity contribution in [2.75, 3.05) is 19.7 Å². The molecule has 4 rings (SSSR count). The number of ether oxygens (including phenoxy) is 1. The van der Waals surface area contributed by atoms with E-state index in [4.69, 9.17) is 4.74 Å². The minimum absolute atomic E-state index is 0. The Morgan fingerprint density at radius 1 is 1.29 bits per heavy atom. The lowest BCUT2D eigenvalue weighted by molar-refractivity contribution is 0.0282. The van der Waals surface area contributed by atoms with E-state index in [1.807, 2.05) is 30.0 Å². The first kappa shape index (κ1) is 19.0. The molecule has 2 fully saturated rings. The average Bonchev–Trinajstić information content (AvgIpc) is 3.41. The first-order valence-corrected chi connectivity index (χ1v) is 10.1. The largest absolute Gasteiger partial charge is 0.490 e. The number of aryl methyl sites for hydroxylation is 1. The summed E-state index contributed by atoms with van der Waals surface area (Å²) in [7, 11) is 0. The Bertz CT molecular complexity index is 877. The number of carbonyl (C=O) groups is 1. The van der Waals surface area contributed by atoms with Gasteiger partial charge in [0.2, 0.25) is 0 Å². The summed E-state index contributed by atoms with van der Waals surface area (Å²) in [4.78, 5) is 15.0. The van der Waals surface area contributed by atoms with Crippen molar-refractivity contribution in [3.8, 4) is 5.75 Å². The monoisotopic (exact) mass is 381 g/mol. The summed E-state index contributed by atoms with van der Waals surface area (Å²) in [6.45, 7) is 7.22. The maximum Gasteiger partial charge on any atom is 0.253 e. The number of rotatable bonds is 5. The minimum Gasteiger partial charge on any atom is -0.490 e. The lowest BCUT2D eigenvalue weighted by Gasteiger charge is -2.32. The summed E-state index contributed by atoms with van der Waals surface area (Å²) in [5.41, 5.74) is 2.46. The highest BCUT2D eigenvalue weighted by Gasteiger charge is 2.57. The SMILES string of the molecule is Cc1cc(C(=O)N2CCC3(c4ccccc4)CC3C2)ccc1OCC(C)(C)O.[HH]. The fraction of sp³-hybridized carbons (Fsp3) is 0.458. The molecule has 1 heterocycles. The van der Waals surface area contributed by atoms with Crippen molar-refractivity contribution in [2.45, 2.75) is 44.6 Å². The molecular formula is C24H31NO3. The molecule has 28 heavy (non-hydrogen) atoms. The quantitative estimate of drug-likeness (QED) is 0.845. The fourth-order valence-corrected chi connectivity index (χ4v) is 4.45. The number of aliphatic hydroxyl groups is 1. The molecule has 0 radical (unpaired) electrons. The van der Waals surface area contributed by atoms with E-state index in [0.29, 0.717) is 22.6 Å². The lowest BCUT2D eigenvalue weighted by Crippen LogP contribution is -2.40.